The number of aromatic nitrogens is 2. The Balaban J connectivity index is 1.61. The second kappa shape index (κ2) is 10.2. The van der Waals surface area contributed by atoms with Gasteiger partial charge in [-0.05, 0) is 62.6 Å². The molecular formula is C25H27N3O4S. The van der Waals surface area contributed by atoms with Gasteiger partial charge in [0, 0.05) is 30.8 Å². The van der Waals surface area contributed by atoms with Crippen LogP contribution in [0.3, 0.4) is 0 Å². The van der Waals surface area contributed by atoms with Gasteiger partial charge in [-0.1, -0.05) is 30.0 Å². The molecule has 172 valence electrons. The lowest BCUT2D eigenvalue weighted by Gasteiger charge is -2.12. The molecule has 0 aliphatic heterocycles. The van der Waals surface area contributed by atoms with Crippen LogP contribution in [0.5, 0.6) is 0 Å². The van der Waals surface area contributed by atoms with Crippen LogP contribution in [-0.4, -0.2) is 34.4 Å². The second-order valence-electron chi connectivity index (χ2n) is 7.89. The maximum absolute atomic E-state index is 13.3. The molecule has 4 rings (SSSR count). The van der Waals surface area contributed by atoms with E-state index in [4.69, 9.17) is 14.1 Å². The predicted molar refractivity (Wildman–Crippen MR) is 132 cm³/mol. The number of para-hydroxylation sites is 1. The highest BCUT2D eigenvalue weighted by Crippen LogP contribution is 2.27. The van der Waals surface area contributed by atoms with Gasteiger partial charge in [-0.15, -0.1) is 0 Å². The molecule has 0 saturated carbocycles. The Labute approximate surface area is 196 Å². The first-order chi connectivity index (χ1) is 16.0. The minimum Gasteiger partial charge on any atom is -0.448 e. The van der Waals surface area contributed by atoms with Gasteiger partial charge in [0.25, 0.3) is 5.56 Å². The topological polar surface area (TPSA) is 86.4 Å². The number of benzene rings is 2. The number of carbonyl (C=O) groups excluding carboxylic acids is 1. The van der Waals surface area contributed by atoms with Gasteiger partial charge >= 0.3 is 0 Å². The molecule has 0 spiro atoms. The Bertz CT molecular complexity index is 1340. The Morgan fingerprint density at radius 1 is 1.18 bits per heavy atom. The van der Waals surface area contributed by atoms with Crippen molar-refractivity contribution in [1.82, 2.24) is 9.55 Å². The number of anilines is 1. The molecule has 1 N–H and O–H groups in total. The van der Waals surface area contributed by atoms with Crippen LogP contribution < -0.4 is 10.9 Å². The number of thioether (sulfide) groups is 1. The van der Waals surface area contributed by atoms with E-state index in [0.29, 0.717) is 42.4 Å². The van der Waals surface area contributed by atoms with Crippen LogP contribution in [0.2, 0.25) is 0 Å². The van der Waals surface area contributed by atoms with Crippen LogP contribution in [0.1, 0.15) is 24.5 Å². The lowest BCUT2D eigenvalue weighted by molar-refractivity contribution is -0.113. The molecule has 0 aliphatic carbocycles. The van der Waals surface area contributed by atoms with E-state index in [9.17, 15) is 9.59 Å². The standard InChI is InChI=1S/C25H27N3O4S/c1-4-31-11-7-10-28-24(30)23-22(19-8-5-6-9-20(19)32-23)27-25(28)33-15-21(29)26-18-13-16(2)12-17(3)14-18/h5-6,8-9,12-14H,4,7,10-11,15H2,1-3H3,(H,26,29). The largest absolute Gasteiger partial charge is 0.448 e. The number of hydrogen-bond acceptors (Lipinski definition) is 6. The van der Waals surface area contributed by atoms with Gasteiger partial charge in [0.05, 0.1) is 5.75 Å². The van der Waals surface area contributed by atoms with E-state index in [2.05, 4.69) is 11.4 Å². The smallest absolute Gasteiger partial charge is 0.297 e. The highest BCUT2D eigenvalue weighted by Gasteiger charge is 2.18. The molecule has 33 heavy (non-hydrogen) atoms. The molecule has 0 atom stereocenters. The number of fused-ring (bicyclic) bond motifs is 3. The summed E-state index contributed by atoms with van der Waals surface area (Å²) >= 11 is 1.24. The number of ether oxygens (including phenoxy) is 1. The Hall–Kier alpha value is -3.10. The number of nitrogens with zero attached hydrogens (tertiary/aromatic N) is 2. The molecule has 0 saturated heterocycles. The fourth-order valence-electron chi connectivity index (χ4n) is 3.80. The third-order valence-corrected chi connectivity index (χ3v) is 6.14. The summed E-state index contributed by atoms with van der Waals surface area (Å²) in [6.45, 7) is 7.51. The monoisotopic (exact) mass is 465 g/mol. The van der Waals surface area contributed by atoms with Crippen molar-refractivity contribution in [3.05, 3.63) is 63.9 Å². The molecule has 0 bridgehead atoms. The predicted octanol–water partition coefficient (Wildman–Crippen LogP) is 4.92. The normalized spacial score (nSPS) is 11.4. The van der Waals surface area contributed by atoms with Crippen molar-refractivity contribution in [2.24, 2.45) is 0 Å². The van der Waals surface area contributed by atoms with E-state index in [-0.39, 0.29) is 22.8 Å². The molecular weight excluding hydrogens is 438 g/mol. The lowest BCUT2D eigenvalue weighted by Crippen LogP contribution is -2.24. The Morgan fingerprint density at radius 3 is 2.70 bits per heavy atom. The van der Waals surface area contributed by atoms with Crippen LogP contribution in [-0.2, 0) is 16.1 Å². The van der Waals surface area contributed by atoms with Crippen LogP contribution in [0.4, 0.5) is 5.69 Å². The van der Waals surface area contributed by atoms with Crippen molar-refractivity contribution in [1.29, 1.82) is 0 Å². The van der Waals surface area contributed by atoms with E-state index in [1.807, 2.05) is 57.2 Å². The fourth-order valence-corrected chi connectivity index (χ4v) is 4.62. The van der Waals surface area contributed by atoms with Gasteiger partial charge in [0.15, 0.2) is 5.16 Å². The highest BCUT2D eigenvalue weighted by atomic mass is 32.2. The molecule has 0 fully saturated rings. The molecule has 2 aromatic carbocycles. The maximum Gasteiger partial charge on any atom is 0.297 e. The van der Waals surface area contributed by atoms with Gasteiger partial charge in [-0.2, -0.15) is 0 Å². The fraction of sp³-hybridized carbons (Fsp3) is 0.320. The van der Waals surface area contributed by atoms with E-state index >= 15 is 0 Å². The van der Waals surface area contributed by atoms with Crippen molar-refractivity contribution in [3.8, 4) is 0 Å². The van der Waals surface area contributed by atoms with Crippen LogP contribution >= 0.6 is 11.8 Å². The molecule has 1 amide bonds. The van der Waals surface area contributed by atoms with Gasteiger partial charge in [0.1, 0.15) is 11.1 Å². The number of rotatable bonds is 9. The third-order valence-electron chi connectivity index (χ3n) is 5.16. The number of carbonyl (C=O) groups is 1. The maximum atomic E-state index is 13.3. The van der Waals surface area contributed by atoms with Crippen molar-refractivity contribution >= 4 is 45.4 Å². The molecule has 7 nitrogen and oxygen atoms in total. The zero-order chi connectivity index (χ0) is 23.4. The van der Waals surface area contributed by atoms with Crippen LogP contribution in [0.25, 0.3) is 22.1 Å². The average Bonchev–Trinajstić information content (AvgIpc) is 3.15. The summed E-state index contributed by atoms with van der Waals surface area (Å²) in [6.07, 6.45) is 0.656. The molecule has 2 aromatic heterocycles. The summed E-state index contributed by atoms with van der Waals surface area (Å²) < 4.78 is 12.8. The van der Waals surface area contributed by atoms with Crippen molar-refractivity contribution in [2.75, 3.05) is 24.3 Å². The lowest BCUT2D eigenvalue weighted by atomic mass is 10.1. The zero-order valence-corrected chi connectivity index (χ0v) is 19.8. The van der Waals surface area contributed by atoms with E-state index in [1.165, 1.54) is 11.8 Å². The first kappa shape index (κ1) is 23.1. The van der Waals surface area contributed by atoms with Gasteiger partial charge in [-0.25, -0.2) is 4.98 Å². The number of amides is 1. The first-order valence-electron chi connectivity index (χ1n) is 11.0. The van der Waals surface area contributed by atoms with Gasteiger partial charge in [-0.3, -0.25) is 14.2 Å². The number of nitrogens with one attached hydrogen (secondary N) is 1. The molecule has 4 aromatic rings. The molecule has 2 heterocycles. The summed E-state index contributed by atoms with van der Waals surface area (Å²) in [4.78, 5) is 30.7. The highest BCUT2D eigenvalue weighted by molar-refractivity contribution is 7.99. The number of aryl methyl sites for hydroxylation is 2. The molecule has 8 heteroatoms. The quantitative estimate of drug-likeness (QED) is 0.215. The van der Waals surface area contributed by atoms with Crippen LogP contribution in [0.15, 0.2) is 56.8 Å². The third kappa shape index (κ3) is 5.29. The number of hydrogen-bond donors (Lipinski definition) is 1. The SMILES string of the molecule is CCOCCCn1c(SCC(=O)Nc2cc(C)cc(C)c2)nc2c(oc3ccccc32)c1=O. The minimum atomic E-state index is -0.245. The second-order valence-corrected chi connectivity index (χ2v) is 8.83. The Kier molecular flexibility index (Phi) is 7.15. The molecule has 0 radical (unpaired) electrons. The first-order valence-corrected chi connectivity index (χ1v) is 12.0. The summed E-state index contributed by atoms with van der Waals surface area (Å²) in [6, 6.07) is 13.4. The number of furan rings is 1. The zero-order valence-electron chi connectivity index (χ0n) is 19.0. The Morgan fingerprint density at radius 2 is 1.94 bits per heavy atom. The van der Waals surface area contributed by atoms with Crippen molar-refractivity contribution in [2.45, 2.75) is 38.9 Å². The van der Waals surface area contributed by atoms with Crippen LogP contribution in [0, 0.1) is 13.8 Å². The van der Waals surface area contributed by atoms with Crippen molar-refractivity contribution < 1.29 is 13.9 Å². The minimum absolute atomic E-state index is 0.131. The van der Waals surface area contributed by atoms with E-state index < -0.39 is 0 Å². The summed E-state index contributed by atoms with van der Waals surface area (Å²) in [5.74, 6) is -0.0242. The molecule has 0 aliphatic rings. The van der Waals surface area contributed by atoms with E-state index in [0.717, 1.165) is 22.2 Å². The van der Waals surface area contributed by atoms with Gasteiger partial charge < -0.3 is 14.5 Å². The van der Waals surface area contributed by atoms with Crippen molar-refractivity contribution in [3.63, 3.8) is 0 Å². The summed E-state index contributed by atoms with van der Waals surface area (Å²) in [7, 11) is 0. The molecule has 0 unspecified atom stereocenters. The average molecular weight is 466 g/mol. The van der Waals surface area contributed by atoms with E-state index in [1.54, 1.807) is 4.57 Å². The summed E-state index contributed by atoms with van der Waals surface area (Å²) in [5, 5.41) is 4.21. The summed E-state index contributed by atoms with van der Waals surface area (Å²) in [5.41, 5.74) is 4.06. The van der Waals surface area contributed by atoms with Gasteiger partial charge in [0.2, 0.25) is 11.5 Å².